The summed E-state index contributed by atoms with van der Waals surface area (Å²) in [5, 5.41) is 17.1. The molecule has 0 aromatic heterocycles. The third-order valence-corrected chi connectivity index (χ3v) is 3.72. The van der Waals surface area contributed by atoms with E-state index in [4.69, 9.17) is 0 Å². The van der Waals surface area contributed by atoms with Crippen LogP contribution in [0.3, 0.4) is 0 Å². The van der Waals surface area contributed by atoms with Crippen molar-refractivity contribution in [1.29, 1.82) is 0 Å². The highest BCUT2D eigenvalue weighted by molar-refractivity contribution is 6.03. The fourth-order valence-electron chi connectivity index (χ4n) is 2.46. The molecule has 0 spiro atoms. The summed E-state index contributed by atoms with van der Waals surface area (Å²) in [6, 6.07) is 18.4. The predicted molar refractivity (Wildman–Crippen MR) is 92.7 cm³/mol. The molecule has 116 valence electrons. The number of rotatable bonds is 3. The summed E-state index contributed by atoms with van der Waals surface area (Å²) in [5.41, 5.74) is 2.90. The Morgan fingerprint density at radius 3 is 2.43 bits per heavy atom. The van der Waals surface area contributed by atoms with Crippen molar-refractivity contribution in [3.63, 3.8) is 0 Å². The summed E-state index contributed by atoms with van der Waals surface area (Å²) in [6.07, 6.45) is 0. The zero-order chi connectivity index (χ0) is 16.2. The van der Waals surface area contributed by atoms with Gasteiger partial charge in [0.2, 0.25) is 0 Å². The smallest absolute Gasteiger partial charge is 0.319 e. The van der Waals surface area contributed by atoms with Gasteiger partial charge in [-0.25, -0.2) is 4.79 Å². The van der Waals surface area contributed by atoms with Gasteiger partial charge >= 0.3 is 6.03 Å². The van der Waals surface area contributed by atoms with E-state index in [1.807, 2.05) is 49.4 Å². The molecule has 0 atom stereocenters. The van der Waals surface area contributed by atoms with Gasteiger partial charge in [0, 0.05) is 17.3 Å². The Labute approximate surface area is 134 Å². The number of carbonyl (C=O) groups excluding carboxylic acids is 1. The van der Waals surface area contributed by atoms with Crippen molar-refractivity contribution < 1.29 is 9.90 Å². The van der Waals surface area contributed by atoms with E-state index < -0.39 is 0 Å². The Morgan fingerprint density at radius 1 is 0.957 bits per heavy atom. The van der Waals surface area contributed by atoms with Gasteiger partial charge in [0.1, 0.15) is 5.75 Å². The van der Waals surface area contributed by atoms with Gasteiger partial charge in [-0.15, -0.1) is 0 Å². The molecule has 3 aromatic carbocycles. The molecule has 0 unspecified atom stereocenters. The number of hydrogen-bond donors (Lipinski definition) is 3. The van der Waals surface area contributed by atoms with Crippen LogP contribution in [0.15, 0.2) is 60.7 Å². The molecular formula is C19H18N2O2. The molecule has 23 heavy (non-hydrogen) atoms. The molecule has 0 radical (unpaired) electrons. The average Bonchev–Trinajstić information content (AvgIpc) is 2.55. The van der Waals surface area contributed by atoms with Crippen LogP contribution in [0.2, 0.25) is 0 Å². The number of carbonyl (C=O) groups is 1. The summed E-state index contributed by atoms with van der Waals surface area (Å²) in [7, 11) is 0. The average molecular weight is 306 g/mol. The molecule has 3 N–H and O–H groups in total. The Hall–Kier alpha value is -3.01. The van der Waals surface area contributed by atoms with Crippen molar-refractivity contribution in [2.75, 3.05) is 5.32 Å². The Balaban J connectivity index is 1.71. The normalized spacial score (nSPS) is 10.5. The minimum Gasteiger partial charge on any atom is -0.507 e. The number of nitrogens with one attached hydrogen (secondary N) is 2. The van der Waals surface area contributed by atoms with E-state index in [0.29, 0.717) is 17.6 Å². The molecule has 2 amide bonds. The molecule has 4 nitrogen and oxygen atoms in total. The summed E-state index contributed by atoms with van der Waals surface area (Å²) < 4.78 is 0. The molecule has 0 aliphatic heterocycles. The molecule has 0 heterocycles. The number of anilines is 1. The van der Waals surface area contributed by atoms with E-state index in [-0.39, 0.29) is 11.8 Å². The van der Waals surface area contributed by atoms with Crippen molar-refractivity contribution in [3.8, 4) is 5.75 Å². The van der Waals surface area contributed by atoms with Gasteiger partial charge in [-0.2, -0.15) is 0 Å². The summed E-state index contributed by atoms with van der Waals surface area (Å²) in [4.78, 5) is 12.1. The van der Waals surface area contributed by atoms with Gasteiger partial charge in [-0.05, 0) is 24.6 Å². The van der Waals surface area contributed by atoms with Crippen molar-refractivity contribution in [3.05, 3.63) is 71.8 Å². The summed E-state index contributed by atoms with van der Waals surface area (Å²) in [6.45, 7) is 2.49. The monoisotopic (exact) mass is 306 g/mol. The first kappa shape index (κ1) is 14.9. The highest BCUT2D eigenvalue weighted by Crippen LogP contribution is 2.29. The zero-order valence-electron chi connectivity index (χ0n) is 12.8. The quantitative estimate of drug-likeness (QED) is 0.680. The fourth-order valence-corrected chi connectivity index (χ4v) is 2.46. The van der Waals surface area contributed by atoms with Crippen LogP contribution in [0.5, 0.6) is 5.75 Å². The summed E-state index contributed by atoms with van der Waals surface area (Å²) in [5.74, 6) is 0.200. The standard InChI is InChI=1S/C19H18N2O2/c1-13-8-10-14(11-9-13)12-20-19(23)21-17-6-2-5-16-15(17)4-3-7-18(16)22/h2-11,22H,12H2,1H3,(H2,20,21,23). The minimum atomic E-state index is -0.276. The minimum absolute atomic E-state index is 0.200. The van der Waals surface area contributed by atoms with Crippen LogP contribution in [0.25, 0.3) is 10.8 Å². The number of hydrogen-bond acceptors (Lipinski definition) is 2. The van der Waals surface area contributed by atoms with E-state index in [0.717, 1.165) is 10.9 Å². The van der Waals surface area contributed by atoms with Gasteiger partial charge < -0.3 is 15.7 Å². The topological polar surface area (TPSA) is 61.4 Å². The number of phenols is 1. The van der Waals surface area contributed by atoms with Crippen molar-refractivity contribution in [1.82, 2.24) is 5.32 Å². The molecule has 0 aliphatic carbocycles. The summed E-state index contributed by atoms with van der Waals surface area (Å²) >= 11 is 0. The number of aryl methyl sites for hydroxylation is 1. The fraction of sp³-hybridized carbons (Fsp3) is 0.105. The number of urea groups is 1. The molecule has 0 fully saturated rings. The lowest BCUT2D eigenvalue weighted by molar-refractivity contribution is 0.252. The lowest BCUT2D eigenvalue weighted by Gasteiger charge is -2.11. The van der Waals surface area contributed by atoms with Crippen molar-refractivity contribution in [2.45, 2.75) is 13.5 Å². The lowest BCUT2D eigenvalue weighted by Crippen LogP contribution is -2.28. The van der Waals surface area contributed by atoms with E-state index in [2.05, 4.69) is 10.6 Å². The highest BCUT2D eigenvalue weighted by atomic mass is 16.3. The lowest BCUT2D eigenvalue weighted by atomic mass is 10.1. The van der Waals surface area contributed by atoms with Gasteiger partial charge in [-0.3, -0.25) is 0 Å². The second-order valence-corrected chi connectivity index (χ2v) is 5.47. The Morgan fingerprint density at radius 2 is 1.65 bits per heavy atom. The molecule has 3 rings (SSSR count). The second-order valence-electron chi connectivity index (χ2n) is 5.47. The third kappa shape index (κ3) is 3.43. The molecular weight excluding hydrogens is 288 g/mol. The highest BCUT2D eigenvalue weighted by Gasteiger charge is 2.07. The molecule has 0 saturated carbocycles. The largest absolute Gasteiger partial charge is 0.507 e. The maximum absolute atomic E-state index is 12.1. The van der Waals surface area contributed by atoms with Crippen LogP contribution in [0.1, 0.15) is 11.1 Å². The van der Waals surface area contributed by atoms with E-state index in [9.17, 15) is 9.90 Å². The van der Waals surface area contributed by atoms with Crippen LogP contribution >= 0.6 is 0 Å². The first-order valence-electron chi connectivity index (χ1n) is 7.44. The molecule has 3 aromatic rings. The zero-order valence-corrected chi connectivity index (χ0v) is 12.8. The number of aromatic hydroxyl groups is 1. The van der Waals surface area contributed by atoms with Gasteiger partial charge in [-0.1, -0.05) is 54.1 Å². The van der Waals surface area contributed by atoms with Crippen LogP contribution in [-0.4, -0.2) is 11.1 Å². The van der Waals surface area contributed by atoms with Crippen LogP contribution in [0.4, 0.5) is 10.5 Å². The maximum atomic E-state index is 12.1. The van der Waals surface area contributed by atoms with Crippen molar-refractivity contribution >= 4 is 22.5 Å². The molecule has 0 saturated heterocycles. The Kier molecular flexibility index (Phi) is 4.15. The second kappa shape index (κ2) is 6.40. The number of phenolic OH excluding ortho intramolecular Hbond substituents is 1. The predicted octanol–water partition coefficient (Wildman–Crippen LogP) is 4.18. The first-order chi connectivity index (χ1) is 11.1. The third-order valence-electron chi connectivity index (χ3n) is 3.72. The Bertz CT molecular complexity index is 842. The van der Waals surface area contributed by atoms with Gasteiger partial charge in [0.25, 0.3) is 0 Å². The van der Waals surface area contributed by atoms with Gasteiger partial charge in [0.15, 0.2) is 0 Å². The van der Waals surface area contributed by atoms with Crippen LogP contribution < -0.4 is 10.6 Å². The van der Waals surface area contributed by atoms with Gasteiger partial charge in [0.05, 0.1) is 5.69 Å². The number of amides is 2. The maximum Gasteiger partial charge on any atom is 0.319 e. The molecule has 0 bridgehead atoms. The van der Waals surface area contributed by atoms with E-state index in [1.54, 1.807) is 18.2 Å². The molecule has 0 aliphatic rings. The number of benzene rings is 3. The van der Waals surface area contributed by atoms with Crippen molar-refractivity contribution in [2.24, 2.45) is 0 Å². The van der Waals surface area contributed by atoms with E-state index in [1.165, 1.54) is 5.56 Å². The molecule has 4 heteroatoms. The van der Waals surface area contributed by atoms with Crippen LogP contribution in [-0.2, 0) is 6.54 Å². The SMILES string of the molecule is Cc1ccc(CNC(=O)Nc2cccc3c(O)cccc23)cc1. The van der Waals surface area contributed by atoms with Crippen LogP contribution in [0, 0.1) is 6.92 Å². The number of fused-ring (bicyclic) bond motifs is 1. The first-order valence-corrected chi connectivity index (χ1v) is 7.44. The van der Waals surface area contributed by atoms with E-state index >= 15 is 0 Å².